The molecule has 0 aromatic heterocycles. The Morgan fingerprint density at radius 1 is 1.17 bits per heavy atom. The van der Waals surface area contributed by atoms with Crippen LogP contribution in [0.15, 0.2) is 30.3 Å². The maximum absolute atomic E-state index is 12.2. The van der Waals surface area contributed by atoms with Gasteiger partial charge in [-0.15, -0.1) is 0 Å². The molecule has 1 aliphatic rings. The van der Waals surface area contributed by atoms with Gasteiger partial charge in [0, 0.05) is 19.2 Å². The van der Waals surface area contributed by atoms with Gasteiger partial charge in [0.25, 0.3) is 0 Å². The standard InChI is InChI=1S/C18H29N3O2/c1-15(14-21-11-6-3-7-12-21)19-18(23)20-17(10-13-22)16-8-4-2-5-9-16/h2,4-5,8-9,15,17,22H,3,6-7,10-14H2,1H3,(H2,19,20,23)/t15?,17-/m1/s1. The van der Waals surface area contributed by atoms with E-state index in [1.807, 2.05) is 37.3 Å². The van der Waals surface area contributed by atoms with Crippen LogP contribution in [-0.2, 0) is 0 Å². The molecule has 2 atom stereocenters. The van der Waals surface area contributed by atoms with Gasteiger partial charge in [0.15, 0.2) is 0 Å². The van der Waals surface area contributed by atoms with Crippen LogP contribution < -0.4 is 10.6 Å². The molecular weight excluding hydrogens is 290 g/mol. The molecule has 128 valence electrons. The predicted molar refractivity (Wildman–Crippen MR) is 92.3 cm³/mol. The van der Waals surface area contributed by atoms with Gasteiger partial charge in [-0.3, -0.25) is 0 Å². The first-order chi connectivity index (χ1) is 11.2. The third kappa shape index (κ3) is 6.20. The lowest BCUT2D eigenvalue weighted by molar-refractivity contribution is 0.200. The van der Waals surface area contributed by atoms with Crippen LogP contribution in [0, 0.1) is 0 Å². The van der Waals surface area contributed by atoms with Crippen molar-refractivity contribution in [2.45, 2.75) is 44.7 Å². The van der Waals surface area contributed by atoms with E-state index in [-0.39, 0.29) is 24.7 Å². The second-order valence-electron chi connectivity index (χ2n) is 6.36. The summed E-state index contributed by atoms with van der Waals surface area (Å²) in [5.74, 6) is 0. The van der Waals surface area contributed by atoms with Crippen molar-refractivity contribution in [3.63, 3.8) is 0 Å². The molecule has 1 fully saturated rings. The lowest BCUT2D eigenvalue weighted by atomic mass is 10.0. The van der Waals surface area contributed by atoms with E-state index in [1.165, 1.54) is 19.3 Å². The molecule has 2 amide bonds. The number of aliphatic hydroxyl groups excluding tert-OH is 1. The van der Waals surface area contributed by atoms with Crippen LogP contribution in [0.2, 0.25) is 0 Å². The zero-order valence-electron chi connectivity index (χ0n) is 14.0. The number of aliphatic hydroxyl groups is 1. The van der Waals surface area contributed by atoms with Gasteiger partial charge < -0.3 is 20.6 Å². The number of amides is 2. The van der Waals surface area contributed by atoms with Gasteiger partial charge in [-0.05, 0) is 44.8 Å². The average molecular weight is 319 g/mol. The molecule has 23 heavy (non-hydrogen) atoms. The zero-order valence-corrected chi connectivity index (χ0v) is 14.0. The third-order valence-electron chi connectivity index (χ3n) is 4.28. The SMILES string of the molecule is CC(CN1CCCCC1)NC(=O)N[C@H](CCO)c1ccccc1. The average Bonchev–Trinajstić information content (AvgIpc) is 2.56. The second kappa shape index (κ2) is 9.53. The summed E-state index contributed by atoms with van der Waals surface area (Å²) in [4.78, 5) is 14.6. The van der Waals surface area contributed by atoms with Crippen molar-refractivity contribution in [1.82, 2.24) is 15.5 Å². The quantitative estimate of drug-likeness (QED) is 0.722. The normalized spacial score (nSPS) is 18.2. The number of likely N-dealkylation sites (tertiary alicyclic amines) is 1. The van der Waals surface area contributed by atoms with Crippen molar-refractivity contribution in [3.05, 3.63) is 35.9 Å². The van der Waals surface area contributed by atoms with Crippen LogP contribution in [-0.4, -0.2) is 48.3 Å². The molecule has 1 saturated heterocycles. The summed E-state index contributed by atoms with van der Waals surface area (Å²) in [6.45, 7) is 5.24. The molecule has 1 aromatic rings. The van der Waals surface area contributed by atoms with Gasteiger partial charge in [-0.2, -0.15) is 0 Å². The molecule has 2 rings (SSSR count). The van der Waals surface area contributed by atoms with Crippen molar-refractivity contribution < 1.29 is 9.90 Å². The van der Waals surface area contributed by atoms with Gasteiger partial charge in [0.05, 0.1) is 6.04 Å². The van der Waals surface area contributed by atoms with Gasteiger partial charge >= 0.3 is 6.03 Å². The Hall–Kier alpha value is -1.59. The number of urea groups is 1. The maximum Gasteiger partial charge on any atom is 0.315 e. The molecule has 1 unspecified atom stereocenters. The maximum atomic E-state index is 12.2. The molecule has 1 aromatic carbocycles. The summed E-state index contributed by atoms with van der Waals surface area (Å²) in [5, 5.41) is 15.2. The minimum absolute atomic E-state index is 0.0448. The topological polar surface area (TPSA) is 64.6 Å². The number of benzene rings is 1. The Labute approximate surface area is 139 Å². The van der Waals surface area contributed by atoms with Gasteiger partial charge in [0.1, 0.15) is 0 Å². The van der Waals surface area contributed by atoms with Crippen LogP contribution in [0.4, 0.5) is 4.79 Å². The fourth-order valence-electron chi connectivity index (χ4n) is 3.14. The Kier molecular flexibility index (Phi) is 7.36. The number of carbonyl (C=O) groups excluding carboxylic acids is 1. The summed E-state index contributed by atoms with van der Waals surface area (Å²) >= 11 is 0. The van der Waals surface area contributed by atoms with E-state index in [2.05, 4.69) is 15.5 Å². The summed E-state index contributed by atoms with van der Waals surface area (Å²) in [6, 6.07) is 9.55. The summed E-state index contributed by atoms with van der Waals surface area (Å²) < 4.78 is 0. The number of carbonyl (C=O) groups is 1. The van der Waals surface area contributed by atoms with Crippen LogP contribution in [0.5, 0.6) is 0 Å². The minimum Gasteiger partial charge on any atom is -0.396 e. The number of hydrogen-bond donors (Lipinski definition) is 3. The Bertz CT molecular complexity index is 461. The van der Waals surface area contributed by atoms with Gasteiger partial charge in [-0.25, -0.2) is 4.79 Å². The molecule has 1 heterocycles. The number of nitrogens with zero attached hydrogens (tertiary/aromatic N) is 1. The molecular formula is C18H29N3O2. The fourth-order valence-corrected chi connectivity index (χ4v) is 3.14. The molecule has 1 aliphatic heterocycles. The van der Waals surface area contributed by atoms with Crippen LogP contribution in [0.1, 0.15) is 44.2 Å². The van der Waals surface area contributed by atoms with Crippen LogP contribution in [0.3, 0.4) is 0 Å². The summed E-state index contributed by atoms with van der Waals surface area (Å²) in [7, 11) is 0. The van der Waals surface area contributed by atoms with E-state index in [0.29, 0.717) is 6.42 Å². The zero-order chi connectivity index (χ0) is 16.5. The van der Waals surface area contributed by atoms with Crippen molar-refractivity contribution in [3.8, 4) is 0 Å². The van der Waals surface area contributed by atoms with Gasteiger partial charge in [-0.1, -0.05) is 36.8 Å². The van der Waals surface area contributed by atoms with E-state index < -0.39 is 0 Å². The van der Waals surface area contributed by atoms with E-state index >= 15 is 0 Å². The molecule has 0 spiro atoms. The Morgan fingerprint density at radius 2 is 1.87 bits per heavy atom. The highest BCUT2D eigenvalue weighted by atomic mass is 16.3. The highest BCUT2D eigenvalue weighted by Gasteiger charge is 2.17. The molecule has 5 nitrogen and oxygen atoms in total. The number of nitrogens with one attached hydrogen (secondary N) is 2. The highest BCUT2D eigenvalue weighted by Crippen LogP contribution is 2.15. The minimum atomic E-state index is -0.170. The first-order valence-corrected chi connectivity index (χ1v) is 8.64. The number of hydrogen-bond acceptors (Lipinski definition) is 3. The molecule has 0 aliphatic carbocycles. The first-order valence-electron chi connectivity index (χ1n) is 8.64. The Balaban J connectivity index is 1.81. The predicted octanol–water partition coefficient (Wildman–Crippen LogP) is 2.28. The molecule has 0 radical (unpaired) electrons. The van der Waals surface area contributed by atoms with Crippen LogP contribution in [0.25, 0.3) is 0 Å². The monoisotopic (exact) mass is 319 g/mol. The molecule has 0 saturated carbocycles. The largest absolute Gasteiger partial charge is 0.396 e. The smallest absolute Gasteiger partial charge is 0.315 e. The van der Waals surface area contributed by atoms with Crippen molar-refractivity contribution in [1.29, 1.82) is 0 Å². The number of piperidine rings is 1. The fraction of sp³-hybridized carbons (Fsp3) is 0.611. The number of rotatable bonds is 7. The third-order valence-corrected chi connectivity index (χ3v) is 4.28. The summed E-state index contributed by atoms with van der Waals surface area (Å²) in [6.07, 6.45) is 4.34. The van der Waals surface area contributed by atoms with Crippen LogP contribution >= 0.6 is 0 Å². The van der Waals surface area contributed by atoms with Gasteiger partial charge in [0.2, 0.25) is 0 Å². The van der Waals surface area contributed by atoms with E-state index in [0.717, 1.165) is 25.2 Å². The highest BCUT2D eigenvalue weighted by molar-refractivity contribution is 5.74. The van der Waals surface area contributed by atoms with Crippen molar-refractivity contribution in [2.24, 2.45) is 0 Å². The molecule has 5 heteroatoms. The second-order valence-corrected chi connectivity index (χ2v) is 6.36. The molecule has 0 bridgehead atoms. The Morgan fingerprint density at radius 3 is 2.52 bits per heavy atom. The van der Waals surface area contributed by atoms with Crippen molar-refractivity contribution >= 4 is 6.03 Å². The lowest BCUT2D eigenvalue weighted by Crippen LogP contribution is -2.47. The van der Waals surface area contributed by atoms with Crippen molar-refractivity contribution in [2.75, 3.05) is 26.2 Å². The van der Waals surface area contributed by atoms with E-state index in [9.17, 15) is 9.90 Å². The van der Waals surface area contributed by atoms with E-state index in [1.54, 1.807) is 0 Å². The lowest BCUT2D eigenvalue weighted by Gasteiger charge is -2.29. The molecule has 3 N–H and O–H groups in total. The van der Waals surface area contributed by atoms with E-state index in [4.69, 9.17) is 0 Å². The first kappa shape index (κ1) is 17.8. The summed E-state index contributed by atoms with van der Waals surface area (Å²) in [5.41, 5.74) is 1.01.